The highest BCUT2D eigenvalue weighted by Crippen LogP contribution is 2.31. The fraction of sp³-hybridized carbons (Fsp3) is 0.263. The molecule has 0 radical (unpaired) electrons. The molecule has 1 aliphatic heterocycles. The van der Waals surface area contributed by atoms with Gasteiger partial charge in [0.15, 0.2) is 23.9 Å². The van der Waals surface area contributed by atoms with Crippen LogP contribution in [0, 0.1) is 0 Å². The van der Waals surface area contributed by atoms with Gasteiger partial charge in [0.25, 0.3) is 0 Å². The number of methoxy groups -OCH3 is 1. The number of ketones is 1. The minimum absolute atomic E-state index is 0.0435. The fourth-order valence-electron chi connectivity index (χ4n) is 2.54. The number of rotatable bonds is 6. The largest absolute Gasteiger partial charge is 0.496 e. The Balaban J connectivity index is 1.59. The topological polar surface area (TPSA) is 71.1 Å². The molecule has 0 spiro atoms. The van der Waals surface area contributed by atoms with E-state index in [1.165, 1.54) is 7.11 Å². The summed E-state index contributed by atoms with van der Waals surface area (Å²) >= 11 is 5.94. The van der Waals surface area contributed by atoms with E-state index in [0.717, 1.165) is 0 Å². The van der Waals surface area contributed by atoms with Gasteiger partial charge in [-0.05, 0) is 36.4 Å². The minimum Gasteiger partial charge on any atom is -0.496 e. The molecular formula is C19H17ClO6. The predicted molar refractivity (Wildman–Crippen MR) is 94.4 cm³/mol. The maximum atomic E-state index is 12.2. The van der Waals surface area contributed by atoms with Crippen molar-refractivity contribution in [3.8, 4) is 17.2 Å². The minimum atomic E-state index is -0.545. The van der Waals surface area contributed by atoms with Crippen LogP contribution in [0.3, 0.4) is 0 Å². The first-order chi connectivity index (χ1) is 12.6. The molecule has 26 heavy (non-hydrogen) atoms. The molecule has 1 heterocycles. The number of benzene rings is 2. The van der Waals surface area contributed by atoms with Crippen LogP contribution in [0.4, 0.5) is 0 Å². The standard InChI is InChI=1S/C19H17ClO6/c1-23-16-5-3-14(20)8-13(16)10-19(22)26-11-15(21)12-2-4-17-18(9-12)25-7-6-24-17/h2-5,8-9H,6-7,10-11H2,1H3. The summed E-state index contributed by atoms with van der Waals surface area (Å²) in [5.74, 6) is 0.768. The van der Waals surface area contributed by atoms with Crippen molar-refractivity contribution in [2.75, 3.05) is 26.9 Å². The average Bonchev–Trinajstić information content (AvgIpc) is 2.66. The lowest BCUT2D eigenvalue weighted by molar-refractivity contribution is -0.141. The van der Waals surface area contributed by atoms with Crippen molar-refractivity contribution in [3.63, 3.8) is 0 Å². The first-order valence-electron chi connectivity index (χ1n) is 7.97. The molecule has 0 aromatic heterocycles. The second-order valence-corrected chi connectivity index (χ2v) is 6.01. The Bertz CT molecular complexity index is 833. The lowest BCUT2D eigenvalue weighted by atomic mass is 10.1. The number of fused-ring (bicyclic) bond motifs is 1. The van der Waals surface area contributed by atoms with Crippen molar-refractivity contribution in [2.45, 2.75) is 6.42 Å². The van der Waals surface area contributed by atoms with Gasteiger partial charge in [-0.1, -0.05) is 11.6 Å². The predicted octanol–water partition coefficient (Wildman–Crippen LogP) is 3.09. The van der Waals surface area contributed by atoms with Crippen molar-refractivity contribution < 1.29 is 28.5 Å². The Kier molecular flexibility index (Phi) is 5.63. The number of carbonyl (C=O) groups excluding carboxylic acids is 2. The lowest BCUT2D eigenvalue weighted by Crippen LogP contribution is -2.18. The Morgan fingerprint density at radius 2 is 1.85 bits per heavy atom. The lowest BCUT2D eigenvalue weighted by Gasteiger charge is -2.18. The third-order valence-electron chi connectivity index (χ3n) is 3.81. The van der Waals surface area contributed by atoms with E-state index >= 15 is 0 Å². The van der Waals surface area contributed by atoms with Crippen molar-refractivity contribution >= 4 is 23.4 Å². The summed E-state index contributed by atoms with van der Waals surface area (Å²) < 4.78 is 21.1. The van der Waals surface area contributed by atoms with Gasteiger partial charge in [-0.3, -0.25) is 9.59 Å². The molecule has 0 bridgehead atoms. The number of esters is 1. The van der Waals surface area contributed by atoms with E-state index in [9.17, 15) is 9.59 Å². The molecule has 0 fully saturated rings. The van der Waals surface area contributed by atoms with E-state index < -0.39 is 5.97 Å². The van der Waals surface area contributed by atoms with Crippen LogP contribution in [0.25, 0.3) is 0 Å². The van der Waals surface area contributed by atoms with Crippen LogP contribution in [-0.2, 0) is 16.0 Å². The summed E-state index contributed by atoms with van der Waals surface area (Å²) in [4.78, 5) is 24.3. The highest BCUT2D eigenvalue weighted by atomic mass is 35.5. The van der Waals surface area contributed by atoms with Crippen molar-refractivity contribution in [3.05, 3.63) is 52.5 Å². The second kappa shape index (κ2) is 8.10. The summed E-state index contributed by atoms with van der Waals surface area (Å²) in [7, 11) is 1.50. The molecule has 0 unspecified atom stereocenters. The molecule has 0 saturated carbocycles. The van der Waals surface area contributed by atoms with Gasteiger partial charge >= 0.3 is 5.97 Å². The molecule has 0 atom stereocenters. The Hall–Kier alpha value is -2.73. The Morgan fingerprint density at radius 1 is 1.08 bits per heavy atom. The molecule has 0 aliphatic carbocycles. The van der Waals surface area contributed by atoms with Gasteiger partial charge in [-0.2, -0.15) is 0 Å². The van der Waals surface area contributed by atoms with Crippen molar-refractivity contribution in [1.29, 1.82) is 0 Å². The zero-order valence-electron chi connectivity index (χ0n) is 14.1. The average molecular weight is 377 g/mol. The van der Waals surface area contributed by atoms with Gasteiger partial charge in [0, 0.05) is 16.1 Å². The van der Waals surface area contributed by atoms with Crippen LogP contribution in [0.2, 0.25) is 5.02 Å². The molecule has 0 saturated heterocycles. The van der Waals surface area contributed by atoms with Crippen molar-refractivity contribution in [2.24, 2.45) is 0 Å². The highest BCUT2D eigenvalue weighted by Gasteiger charge is 2.17. The number of ether oxygens (including phenoxy) is 4. The molecule has 2 aromatic carbocycles. The van der Waals surface area contributed by atoms with Gasteiger partial charge < -0.3 is 18.9 Å². The zero-order valence-corrected chi connectivity index (χ0v) is 14.9. The van der Waals surface area contributed by atoms with E-state index in [0.29, 0.717) is 46.6 Å². The second-order valence-electron chi connectivity index (χ2n) is 5.58. The molecule has 2 aromatic rings. The van der Waals surface area contributed by atoms with Gasteiger partial charge in [0.2, 0.25) is 0 Å². The number of halogens is 1. The summed E-state index contributed by atoms with van der Waals surface area (Å²) in [6.45, 7) is 0.549. The summed E-state index contributed by atoms with van der Waals surface area (Å²) in [6.07, 6.45) is -0.0435. The molecule has 136 valence electrons. The van der Waals surface area contributed by atoms with E-state index in [2.05, 4.69) is 0 Å². The van der Waals surface area contributed by atoms with Crippen LogP contribution in [0.5, 0.6) is 17.2 Å². The fourth-order valence-corrected chi connectivity index (χ4v) is 2.73. The van der Waals surface area contributed by atoms with Crippen LogP contribution in [0.15, 0.2) is 36.4 Å². The molecule has 3 rings (SSSR count). The van der Waals surface area contributed by atoms with Crippen LogP contribution in [-0.4, -0.2) is 38.7 Å². The molecule has 6 nitrogen and oxygen atoms in total. The first kappa shape index (κ1) is 18.1. The molecule has 1 aliphatic rings. The number of hydrogen-bond donors (Lipinski definition) is 0. The normalized spacial score (nSPS) is 12.4. The summed E-state index contributed by atoms with van der Waals surface area (Å²) in [6, 6.07) is 9.84. The maximum Gasteiger partial charge on any atom is 0.310 e. The Labute approximate surface area is 155 Å². The smallest absolute Gasteiger partial charge is 0.310 e. The third kappa shape index (κ3) is 4.26. The van der Waals surface area contributed by atoms with Gasteiger partial charge in [0.1, 0.15) is 19.0 Å². The maximum absolute atomic E-state index is 12.2. The molecule has 0 N–H and O–H groups in total. The molecule has 7 heteroatoms. The summed E-state index contributed by atoms with van der Waals surface area (Å²) in [5.41, 5.74) is 0.985. The summed E-state index contributed by atoms with van der Waals surface area (Å²) in [5, 5.41) is 0.487. The molecule has 0 amide bonds. The van der Waals surface area contributed by atoms with Crippen LogP contribution >= 0.6 is 11.6 Å². The number of Topliss-reactive ketones (excluding diaryl/α,β-unsaturated/α-hetero) is 1. The zero-order chi connectivity index (χ0) is 18.5. The quantitative estimate of drug-likeness (QED) is 0.570. The first-order valence-corrected chi connectivity index (χ1v) is 8.35. The van der Waals surface area contributed by atoms with E-state index in [4.69, 9.17) is 30.5 Å². The van der Waals surface area contributed by atoms with Crippen LogP contribution in [0.1, 0.15) is 15.9 Å². The highest BCUT2D eigenvalue weighted by molar-refractivity contribution is 6.30. The van der Waals surface area contributed by atoms with Gasteiger partial charge in [-0.25, -0.2) is 0 Å². The number of hydrogen-bond acceptors (Lipinski definition) is 6. The Morgan fingerprint density at radius 3 is 2.62 bits per heavy atom. The third-order valence-corrected chi connectivity index (χ3v) is 4.04. The van der Waals surface area contributed by atoms with E-state index in [1.54, 1.807) is 36.4 Å². The number of carbonyl (C=O) groups is 2. The van der Waals surface area contributed by atoms with Crippen LogP contribution < -0.4 is 14.2 Å². The van der Waals surface area contributed by atoms with E-state index in [1.807, 2.05) is 0 Å². The monoisotopic (exact) mass is 376 g/mol. The van der Waals surface area contributed by atoms with Crippen molar-refractivity contribution in [1.82, 2.24) is 0 Å². The SMILES string of the molecule is COc1ccc(Cl)cc1CC(=O)OCC(=O)c1ccc2c(c1)OCCO2. The van der Waals surface area contributed by atoms with Gasteiger partial charge in [-0.15, -0.1) is 0 Å². The van der Waals surface area contributed by atoms with E-state index in [-0.39, 0.29) is 18.8 Å². The molecular weight excluding hydrogens is 360 g/mol. The van der Waals surface area contributed by atoms with Gasteiger partial charge in [0.05, 0.1) is 13.5 Å².